The van der Waals surface area contributed by atoms with Crippen molar-refractivity contribution in [2.24, 2.45) is 17.8 Å². The number of carbonyl (C=O) groups is 2. The predicted octanol–water partition coefficient (Wildman–Crippen LogP) is 3.89. The minimum absolute atomic E-state index is 0.0272. The van der Waals surface area contributed by atoms with Crippen LogP contribution in [0, 0.1) is 29.1 Å². The van der Waals surface area contributed by atoms with Crippen LogP contribution in [0.25, 0.3) is 0 Å². The van der Waals surface area contributed by atoms with Crippen LogP contribution in [-0.4, -0.2) is 80.0 Å². The molecule has 7 nitrogen and oxygen atoms in total. The first-order chi connectivity index (χ1) is 16.5. The van der Waals surface area contributed by atoms with Crippen molar-refractivity contribution in [3.63, 3.8) is 0 Å². The van der Waals surface area contributed by atoms with Crippen molar-refractivity contribution in [1.82, 2.24) is 14.7 Å². The normalized spacial score (nSPS) is 21.1. The van der Waals surface area contributed by atoms with Crippen molar-refractivity contribution in [2.45, 2.75) is 32.9 Å². The number of amides is 3. The van der Waals surface area contributed by atoms with Gasteiger partial charge in [-0.2, -0.15) is 18.4 Å². The van der Waals surface area contributed by atoms with Crippen molar-refractivity contribution in [3.05, 3.63) is 29.3 Å². The Morgan fingerprint density at radius 3 is 2.26 bits per heavy atom. The number of rotatable bonds is 5. The first kappa shape index (κ1) is 26.6. The molecule has 0 bridgehead atoms. The molecule has 0 unspecified atom stereocenters. The molecule has 0 N–H and O–H groups in total. The van der Waals surface area contributed by atoms with Gasteiger partial charge in [0, 0.05) is 59.1 Å². The first-order valence-electron chi connectivity index (χ1n) is 12.1. The summed E-state index contributed by atoms with van der Waals surface area (Å²) in [6, 6.07) is 5.39. The fourth-order valence-corrected chi connectivity index (χ4v) is 5.38. The molecule has 3 rings (SSSR count). The number of alkyl halides is 3. The number of piperidine rings is 1. The lowest BCUT2D eigenvalue weighted by Gasteiger charge is -2.38. The summed E-state index contributed by atoms with van der Waals surface area (Å²) in [6.45, 7) is 7.19. The number of urea groups is 1. The maximum atomic E-state index is 13.5. The Balaban J connectivity index is 1.80. The Morgan fingerprint density at radius 2 is 1.74 bits per heavy atom. The van der Waals surface area contributed by atoms with E-state index >= 15 is 0 Å². The summed E-state index contributed by atoms with van der Waals surface area (Å²) in [4.78, 5) is 32.8. The number of likely N-dealkylation sites (tertiary alicyclic amines) is 1. The van der Waals surface area contributed by atoms with Gasteiger partial charge in [-0.25, -0.2) is 4.79 Å². The number of hydrogen-bond acceptors (Lipinski definition) is 4. The number of carbonyl (C=O) groups excluding carboxylic acids is 2. The van der Waals surface area contributed by atoms with E-state index in [1.54, 1.807) is 30.0 Å². The molecule has 2 aliphatic rings. The van der Waals surface area contributed by atoms with Crippen LogP contribution < -0.4 is 4.90 Å². The number of hydrogen-bond donors (Lipinski definition) is 0. The van der Waals surface area contributed by atoms with E-state index in [1.807, 2.05) is 23.6 Å². The zero-order valence-electron chi connectivity index (χ0n) is 20.8. The molecule has 0 aliphatic carbocycles. The molecule has 2 heterocycles. The van der Waals surface area contributed by atoms with Gasteiger partial charge in [-0.15, -0.1) is 0 Å². The second-order valence-corrected chi connectivity index (χ2v) is 9.53. The molecule has 0 aromatic heterocycles. The van der Waals surface area contributed by atoms with E-state index in [-0.39, 0.29) is 29.7 Å². The highest BCUT2D eigenvalue weighted by atomic mass is 19.4. The third kappa shape index (κ3) is 5.65. The second-order valence-electron chi connectivity index (χ2n) is 9.53. The van der Waals surface area contributed by atoms with Gasteiger partial charge in [0.15, 0.2) is 0 Å². The molecular formula is C25H34F3N5O2. The molecule has 2 aliphatic heterocycles. The first-order valence-corrected chi connectivity index (χ1v) is 12.1. The molecular weight excluding hydrogens is 459 g/mol. The van der Waals surface area contributed by atoms with E-state index in [0.717, 1.165) is 18.9 Å². The maximum Gasteiger partial charge on any atom is 0.417 e. The molecule has 0 spiro atoms. The topological polar surface area (TPSA) is 70.9 Å². The van der Waals surface area contributed by atoms with Gasteiger partial charge < -0.3 is 19.6 Å². The largest absolute Gasteiger partial charge is 0.417 e. The zero-order valence-corrected chi connectivity index (χ0v) is 20.8. The lowest BCUT2D eigenvalue weighted by molar-refractivity contribution is -0.137. The highest BCUT2D eigenvalue weighted by molar-refractivity contribution is 5.80. The van der Waals surface area contributed by atoms with Crippen LogP contribution in [0.15, 0.2) is 18.2 Å². The van der Waals surface area contributed by atoms with Crippen LogP contribution in [0.3, 0.4) is 0 Å². The fourth-order valence-electron chi connectivity index (χ4n) is 5.38. The number of halogens is 3. The van der Waals surface area contributed by atoms with Gasteiger partial charge in [-0.05, 0) is 56.7 Å². The summed E-state index contributed by atoms with van der Waals surface area (Å²) in [5.41, 5.74) is -1.01. The molecule has 10 heteroatoms. The number of nitriles is 1. The molecule has 1 aromatic rings. The van der Waals surface area contributed by atoms with Gasteiger partial charge in [0.1, 0.15) is 0 Å². The van der Waals surface area contributed by atoms with E-state index in [4.69, 9.17) is 5.26 Å². The molecule has 0 saturated carbocycles. The second kappa shape index (κ2) is 10.8. The van der Waals surface area contributed by atoms with Crippen molar-refractivity contribution in [1.29, 1.82) is 5.26 Å². The standard InChI is InChI=1S/C25H34F3N5O2/c1-5-31(6-2)24(35)32-11-9-17(10-12-32)20-15-33(16-21(20)23(34)30(3)4)19-8-7-18(14-29)22(13-19)25(26,27)28/h7-8,13,17,20-21H,5-6,9-12,15-16H2,1-4H3/t20-,21+/m0/s1. The van der Waals surface area contributed by atoms with Crippen molar-refractivity contribution in [2.75, 3.05) is 58.3 Å². The summed E-state index contributed by atoms with van der Waals surface area (Å²) in [6.07, 6.45) is -3.13. The average molecular weight is 494 g/mol. The van der Waals surface area contributed by atoms with Gasteiger partial charge >= 0.3 is 12.2 Å². The monoisotopic (exact) mass is 493 g/mol. The third-order valence-corrected chi connectivity index (χ3v) is 7.37. The van der Waals surface area contributed by atoms with Crippen molar-refractivity contribution < 1.29 is 22.8 Å². The van der Waals surface area contributed by atoms with Gasteiger partial charge in [-0.1, -0.05) is 0 Å². The van der Waals surface area contributed by atoms with E-state index in [0.29, 0.717) is 45.0 Å². The van der Waals surface area contributed by atoms with Crippen molar-refractivity contribution in [3.8, 4) is 6.07 Å². The molecule has 2 saturated heterocycles. The zero-order chi connectivity index (χ0) is 25.9. The van der Waals surface area contributed by atoms with Crippen LogP contribution >= 0.6 is 0 Å². The van der Waals surface area contributed by atoms with Crippen LogP contribution in [0.1, 0.15) is 37.8 Å². The fraction of sp³-hybridized carbons (Fsp3) is 0.640. The smallest absolute Gasteiger partial charge is 0.370 e. The molecule has 1 aromatic carbocycles. The van der Waals surface area contributed by atoms with E-state index in [9.17, 15) is 22.8 Å². The Hall–Kier alpha value is -2.96. The van der Waals surface area contributed by atoms with Crippen LogP contribution in [0.2, 0.25) is 0 Å². The molecule has 192 valence electrons. The number of benzene rings is 1. The Bertz CT molecular complexity index is 963. The van der Waals surface area contributed by atoms with Crippen LogP contribution in [0.5, 0.6) is 0 Å². The van der Waals surface area contributed by atoms with Crippen LogP contribution in [-0.2, 0) is 11.0 Å². The van der Waals surface area contributed by atoms with E-state index in [2.05, 4.69) is 0 Å². The highest BCUT2D eigenvalue weighted by Gasteiger charge is 2.44. The average Bonchev–Trinajstić information content (AvgIpc) is 3.28. The molecule has 35 heavy (non-hydrogen) atoms. The highest BCUT2D eigenvalue weighted by Crippen LogP contribution is 2.40. The minimum Gasteiger partial charge on any atom is -0.370 e. The summed E-state index contributed by atoms with van der Waals surface area (Å²) < 4.78 is 40.6. The van der Waals surface area contributed by atoms with Gasteiger partial charge in [0.05, 0.1) is 23.1 Å². The maximum absolute atomic E-state index is 13.5. The van der Waals surface area contributed by atoms with E-state index in [1.165, 1.54) is 12.1 Å². The van der Waals surface area contributed by atoms with E-state index < -0.39 is 17.3 Å². The van der Waals surface area contributed by atoms with Crippen molar-refractivity contribution >= 4 is 17.6 Å². The predicted molar refractivity (Wildman–Crippen MR) is 127 cm³/mol. The Kier molecular flexibility index (Phi) is 8.18. The minimum atomic E-state index is -4.64. The number of nitrogens with zero attached hydrogens (tertiary/aromatic N) is 5. The summed E-state index contributed by atoms with van der Waals surface area (Å²) >= 11 is 0. The SMILES string of the molecule is CCN(CC)C(=O)N1CCC([C@@H]2CN(c3ccc(C#N)c(C(F)(F)F)c3)C[C@H]2C(=O)N(C)C)CC1. The quantitative estimate of drug-likeness (QED) is 0.624. The Morgan fingerprint density at radius 1 is 1.11 bits per heavy atom. The molecule has 2 atom stereocenters. The summed E-state index contributed by atoms with van der Waals surface area (Å²) in [5, 5.41) is 9.11. The number of anilines is 1. The van der Waals surface area contributed by atoms with Gasteiger partial charge in [-0.3, -0.25) is 4.79 Å². The van der Waals surface area contributed by atoms with Crippen LogP contribution in [0.4, 0.5) is 23.7 Å². The molecule has 0 radical (unpaired) electrons. The lowest BCUT2D eigenvalue weighted by atomic mass is 9.78. The van der Waals surface area contributed by atoms with Gasteiger partial charge in [0.2, 0.25) is 5.91 Å². The Labute approximate surface area is 205 Å². The molecule has 3 amide bonds. The molecule has 2 fully saturated rings. The summed E-state index contributed by atoms with van der Waals surface area (Å²) in [5.74, 6) is -0.218. The lowest BCUT2D eigenvalue weighted by Crippen LogP contribution is -2.48. The van der Waals surface area contributed by atoms with Gasteiger partial charge in [0.25, 0.3) is 0 Å². The summed E-state index contributed by atoms with van der Waals surface area (Å²) in [7, 11) is 3.38. The third-order valence-electron chi connectivity index (χ3n) is 7.37.